The predicted molar refractivity (Wildman–Crippen MR) is 149 cm³/mol. The Kier molecular flexibility index (Phi) is 12.9. The fourth-order valence-electron chi connectivity index (χ4n) is 3.08. The van der Waals surface area contributed by atoms with Gasteiger partial charge in [0.25, 0.3) is 15.8 Å². The number of ketones is 1. The quantitative estimate of drug-likeness (QED) is 0.0559. The highest BCUT2D eigenvalue weighted by Gasteiger charge is 2.38. The van der Waals surface area contributed by atoms with Crippen molar-refractivity contribution in [2.75, 3.05) is 6.61 Å². The lowest BCUT2D eigenvalue weighted by Gasteiger charge is -2.24. The maximum Gasteiger partial charge on any atom is 0.338 e. The van der Waals surface area contributed by atoms with E-state index in [9.17, 15) is 37.7 Å². The number of esters is 2. The fraction of sp³-hybridized carbons (Fsp3) is 0.172. The zero-order valence-electron chi connectivity index (χ0n) is 22.5. The Labute approximate surface area is 241 Å². The Balaban J connectivity index is 0.00000144. The Morgan fingerprint density at radius 2 is 1.33 bits per heavy atom. The third-order valence-electron chi connectivity index (χ3n) is 5.29. The molecule has 0 N–H and O–H groups in total. The van der Waals surface area contributed by atoms with Crippen molar-refractivity contribution in [1.29, 1.82) is 0 Å². The minimum Gasteiger partial charge on any atom is -0.459 e. The van der Waals surface area contributed by atoms with Gasteiger partial charge < -0.3 is 9.47 Å². The molecule has 0 aliphatic rings. The van der Waals surface area contributed by atoms with Crippen molar-refractivity contribution in [3.8, 4) is 0 Å². The number of nitro groups is 1. The molecule has 0 radical (unpaired) electrons. The van der Waals surface area contributed by atoms with Gasteiger partial charge in [-0.25, -0.2) is 9.59 Å². The third-order valence-corrected chi connectivity index (χ3v) is 6.64. The van der Waals surface area contributed by atoms with Gasteiger partial charge in [-0.3, -0.25) is 23.9 Å². The maximum atomic E-state index is 12.9. The lowest BCUT2D eigenvalue weighted by molar-refractivity contribution is -0.384. The summed E-state index contributed by atoms with van der Waals surface area (Å²) in [5.41, 5.74) is -0.332. The molecule has 13 heteroatoms. The molecule has 2 unspecified atom stereocenters. The zero-order chi connectivity index (χ0) is 31.1. The van der Waals surface area contributed by atoms with E-state index in [1.165, 1.54) is 36.4 Å². The number of ether oxygens (including phenoxy) is 2. The van der Waals surface area contributed by atoms with Crippen molar-refractivity contribution in [2.24, 2.45) is 0 Å². The summed E-state index contributed by atoms with van der Waals surface area (Å²) in [6.07, 6.45) is -0.318. The molecule has 3 aromatic carbocycles. The van der Waals surface area contributed by atoms with E-state index in [-0.39, 0.29) is 17.4 Å². The normalized spacial score (nSPS) is 12.2. The first-order chi connectivity index (χ1) is 20.0. The second-order valence-corrected chi connectivity index (χ2v) is 9.76. The number of nitro benzene ring substituents is 1. The first kappa shape index (κ1) is 33.2. The summed E-state index contributed by atoms with van der Waals surface area (Å²) in [6.45, 7) is 3.08. The van der Waals surface area contributed by atoms with Crippen LogP contribution < -0.4 is 0 Å². The number of non-ortho nitro benzene ring substituents is 1. The highest BCUT2D eigenvalue weighted by Crippen LogP contribution is 2.22. The van der Waals surface area contributed by atoms with Gasteiger partial charge in [-0.15, -0.1) is 0 Å². The van der Waals surface area contributed by atoms with Crippen LogP contribution in [0.4, 0.5) is 5.69 Å². The van der Waals surface area contributed by atoms with Crippen molar-refractivity contribution < 1.29 is 46.2 Å². The molecular formula is C29H27NO11S. The van der Waals surface area contributed by atoms with Gasteiger partial charge in [0.2, 0.25) is 5.78 Å². The molecule has 0 aliphatic heterocycles. The smallest absolute Gasteiger partial charge is 0.338 e. The molecular weight excluding hydrogens is 570 g/mol. The molecule has 220 valence electrons. The van der Waals surface area contributed by atoms with Gasteiger partial charge in [0.05, 0.1) is 20.9 Å². The molecule has 0 fully saturated rings. The molecule has 0 aliphatic carbocycles. The van der Waals surface area contributed by atoms with Gasteiger partial charge in [-0.05, 0) is 50.2 Å². The molecule has 0 aromatic heterocycles. The average molecular weight is 598 g/mol. The van der Waals surface area contributed by atoms with Gasteiger partial charge in [0.1, 0.15) is 6.61 Å². The van der Waals surface area contributed by atoms with Crippen LogP contribution in [0.5, 0.6) is 0 Å². The van der Waals surface area contributed by atoms with Gasteiger partial charge in [0.15, 0.2) is 18.5 Å². The molecule has 0 spiro atoms. The van der Waals surface area contributed by atoms with Crippen molar-refractivity contribution in [3.05, 3.63) is 118 Å². The molecule has 3 rings (SSSR count). The summed E-state index contributed by atoms with van der Waals surface area (Å²) in [4.78, 5) is 58.4. The molecule has 0 heterocycles. The number of aldehydes is 1. The molecule has 0 amide bonds. The lowest BCUT2D eigenvalue weighted by atomic mass is 10.1. The van der Waals surface area contributed by atoms with E-state index in [2.05, 4.69) is 0 Å². The Morgan fingerprint density at radius 1 is 0.833 bits per heavy atom. The number of rotatable bonds is 12. The van der Waals surface area contributed by atoms with Crippen molar-refractivity contribution >= 4 is 39.8 Å². The average Bonchev–Trinajstić information content (AvgIpc) is 3.02. The van der Waals surface area contributed by atoms with E-state index in [4.69, 9.17) is 13.7 Å². The second-order valence-electron chi connectivity index (χ2n) is 8.18. The Morgan fingerprint density at radius 3 is 1.79 bits per heavy atom. The molecule has 42 heavy (non-hydrogen) atoms. The van der Waals surface area contributed by atoms with Crippen LogP contribution in [0.15, 0.2) is 102 Å². The van der Waals surface area contributed by atoms with Crippen molar-refractivity contribution in [2.45, 2.75) is 31.0 Å². The summed E-state index contributed by atoms with van der Waals surface area (Å²) in [5, 5.41) is 10.9. The highest BCUT2D eigenvalue weighted by atomic mass is 32.2. The van der Waals surface area contributed by atoms with Crippen LogP contribution in [0.3, 0.4) is 0 Å². The zero-order valence-corrected chi connectivity index (χ0v) is 23.3. The maximum absolute atomic E-state index is 12.9. The highest BCUT2D eigenvalue weighted by molar-refractivity contribution is 7.86. The van der Waals surface area contributed by atoms with Crippen LogP contribution in [-0.4, -0.2) is 56.2 Å². The van der Waals surface area contributed by atoms with E-state index < -0.39 is 62.2 Å². The number of nitrogens with zero attached hydrogens (tertiary/aromatic N) is 1. The SMILES string of the molecule is C/C=C\C.O=CC(=O)C(OC(=O)c1ccccc1)C(COC(=O)c1ccccc1)OS(=O)(=O)c1ccc([N+](=O)[O-])cc1. The number of hydrogen-bond acceptors (Lipinski definition) is 11. The number of benzene rings is 3. The monoisotopic (exact) mass is 597 g/mol. The summed E-state index contributed by atoms with van der Waals surface area (Å²) in [7, 11) is -4.78. The minimum atomic E-state index is -4.78. The van der Waals surface area contributed by atoms with E-state index in [0.717, 1.165) is 24.3 Å². The minimum absolute atomic E-state index is 0.0190. The molecule has 2 atom stereocenters. The van der Waals surface area contributed by atoms with Gasteiger partial charge >= 0.3 is 11.9 Å². The van der Waals surface area contributed by atoms with Crippen LogP contribution in [-0.2, 0) is 33.4 Å². The molecule has 0 bridgehead atoms. The van der Waals surface area contributed by atoms with Crippen molar-refractivity contribution in [1.82, 2.24) is 0 Å². The van der Waals surface area contributed by atoms with Gasteiger partial charge in [0, 0.05) is 12.1 Å². The molecule has 0 saturated heterocycles. The number of allylic oxidation sites excluding steroid dienone is 2. The first-order valence-corrected chi connectivity index (χ1v) is 13.7. The third kappa shape index (κ3) is 9.87. The van der Waals surface area contributed by atoms with E-state index in [1.54, 1.807) is 24.3 Å². The Hall–Kier alpha value is -5.01. The lowest BCUT2D eigenvalue weighted by Crippen LogP contribution is -2.44. The van der Waals surface area contributed by atoms with E-state index in [0.29, 0.717) is 0 Å². The van der Waals surface area contributed by atoms with Crippen molar-refractivity contribution in [3.63, 3.8) is 0 Å². The molecule has 3 aromatic rings. The van der Waals surface area contributed by atoms with Crippen LogP contribution in [0.1, 0.15) is 34.6 Å². The van der Waals surface area contributed by atoms with E-state index >= 15 is 0 Å². The number of carbonyl (C=O) groups is 4. The molecule has 12 nitrogen and oxygen atoms in total. The van der Waals surface area contributed by atoms with Crippen LogP contribution in [0.25, 0.3) is 0 Å². The topological polar surface area (TPSA) is 173 Å². The Bertz CT molecular complexity index is 1500. The summed E-state index contributed by atoms with van der Waals surface area (Å²) < 4.78 is 41.2. The van der Waals surface area contributed by atoms with Gasteiger partial charge in [-0.2, -0.15) is 8.42 Å². The number of carbonyl (C=O) groups excluding carboxylic acids is 4. The summed E-state index contributed by atoms with van der Waals surface area (Å²) in [5.74, 6) is -3.37. The number of Topliss-reactive ketones (excluding diaryl/α,β-unsaturated/α-hetero) is 1. The van der Waals surface area contributed by atoms with Crippen LogP contribution in [0.2, 0.25) is 0 Å². The molecule has 0 saturated carbocycles. The second kappa shape index (κ2) is 16.3. The summed E-state index contributed by atoms with van der Waals surface area (Å²) in [6, 6.07) is 18.4. The standard InChI is InChI=1S/C25H19NO11S.C4H8/c27-15-21(28)23(36-25(30)18-9-5-2-6-10-18)22(16-35-24(29)17-7-3-1-4-8-17)37-38(33,34)20-13-11-19(12-14-20)26(31)32;1-3-4-2/h1-15,22-23H,16H2;3-4H,1-2H3/b;4-3-. The van der Waals surface area contributed by atoms with Crippen LogP contribution in [0, 0.1) is 10.1 Å². The van der Waals surface area contributed by atoms with Crippen LogP contribution >= 0.6 is 0 Å². The summed E-state index contributed by atoms with van der Waals surface area (Å²) >= 11 is 0. The van der Waals surface area contributed by atoms with E-state index in [1.807, 2.05) is 26.0 Å². The largest absolute Gasteiger partial charge is 0.459 e. The first-order valence-electron chi connectivity index (χ1n) is 12.3. The number of hydrogen-bond donors (Lipinski definition) is 0. The fourth-order valence-corrected chi connectivity index (χ4v) is 4.14. The predicted octanol–water partition coefficient (Wildman–Crippen LogP) is 4.10. The van der Waals surface area contributed by atoms with Gasteiger partial charge in [-0.1, -0.05) is 48.6 Å².